The minimum Gasteiger partial charge on any atom is -0.391 e. The number of nitrogens with zero attached hydrogens (tertiary/aromatic N) is 3. The molecule has 2 rings (SSSR count). The average Bonchev–Trinajstić information content (AvgIpc) is 2.97. The lowest BCUT2D eigenvalue weighted by molar-refractivity contribution is -0.132. The molecule has 2 heterocycles. The predicted octanol–water partition coefficient (Wildman–Crippen LogP) is 3.19. The van der Waals surface area contributed by atoms with Crippen molar-refractivity contribution in [3.05, 3.63) is 59.7 Å². The van der Waals surface area contributed by atoms with E-state index < -0.39 is 30.0 Å². The lowest BCUT2D eigenvalue weighted by atomic mass is 9.91. The summed E-state index contributed by atoms with van der Waals surface area (Å²) in [6.45, 7) is 14.2. The summed E-state index contributed by atoms with van der Waals surface area (Å²) in [5, 5.41) is 19.8. The molecule has 242 valence electrons. The summed E-state index contributed by atoms with van der Waals surface area (Å²) in [7, 11) is 1.65. The summed E-state index contributed by atoms with van der Waals surface area (Å²) in [5.41, 5.74) is 1.16. The van der Waals surface area contributed by atoms with Crippen LogP contribution in [0.4, 0.5) is 0 Å². The molecule has 2 aromatic heterocycles. The van der Waals surface area contributed by atoms with Gasteiger partial charge in [0.25, 0.3) is 11.8 Å². The number of pyridine rings is 2. The highest BCUT2D eigenvalue weighted by molar-refractivity contribution is 5.99. The monoisotopic (exact) mass is 610 g/mol. The van der Waals surface area contributed by atoms with Gasteiger partial charge in [-0.2, -0.15) is 0 Å². The van der Waals surface area contributed by atoms with Crippen molar-refractivity contribution < 1.29 is 24.3 Å². The van der Waals surface area contributed by atoms with Crippen LogP contribution >= 0.6 is 0 Å². The number of amides is 4. The molecule has 0 aliphatic carbocycles. The Hall–Kier alpha value is -3.86. The summed E-state index contributed by atoms with van der Waals surface area (Å²) in [5.74, 6) is -1.70. The third-order valence-corrected chi connectivity index (χ3v) is 7.20. The second kappa shape index (κ2) is 17.4. The van der Waals surface area contributed by atoms with Crippen molar-refractivity contribution in [3.63, 3.8) is 0 Å². The van der Waals surface area contributed by atoms with Crippen LogP contribution in [0.5, 0.6) is 0 Å². The summed E-state index contributed by atoms with van der Waals surface area (Å²) in [6, 6.07) is 5.60. The minimum absolute atomic E-state index is 0.0804. The Balaban J connectivity index is 2.08. The number of carbonyl (C=O) groups excluding carboxylic acids is 4. The highest BCUT2D eigenvalue weighted by Gasteiger charge is 2.30. The molecule has 0 spiro atoms. The first-order valence-corrected chi connectivity index (χ1v) is 15.4. The number of hydrogen-bond acceptors (Lipinski definition) is 7. The van der Waals surface area contributed by atoms with Gasteiger partial charge in [0.1, 0.15) is 6.04 Å². The van der Waals surface area contributed by atoms with Gasteiger partial charge in [-0.25, -0.2) is 0 Å². The summed E-state index contributed by atoms with van der Waals surface area (Å²) < 4.78 is 0. The smallest absolute Gasteiger partial charge is 0.255 e. The Morgan fingerprint density at radius 3 is 2.16 bits per heavy atom. The number of hydrogen-bond donors (Lipinski definition) is 4. The van der Waals surface area contributed by atoms with E-state index >= 15 is 0 Å². The van der Waals surface area contributed by atoms with Crippen molar-refractivity contribution in [1.29, 1.82) is 0 Å². The summed E-state index contributed by atoms with van der Waals surface area (Å²) in [6.07, 6.45) is 3.95. The van der Waals surface area contributed by atoms with Gasteiger partial charge in [0.05, 0.1) is 35.5 Å². The van der Waals surface area contributed by atoms with Crippen LogP contribution < -0.4 is 16.0 Å². The molecule has 11 heteroatoms. The Morgan fingerprint density at radius 2 is 1.57 bits per heavy atom. The molecule has 0 bridgehead atoms. The quantitative estimate of drug-likeness (QED) is 0.228. The van der Waals surface area contributed by atoms with Crippen LogP contribution in [0, 0.1) is 23.7 Å². The van der Waals surface area contributed by atoms with Crippen molar-refractivity contribution >= 4 is 23.6 Å². The lowest BCUT2D eigenvalue weighted by Crippen LogP contribution is -2.52. The maximum atomic E-state index is 13.3. The van der Waals surface area contributed by atoms with Crippen LogP contribution in [-0.4, -0.2) is 75.4 Å². The Bertz CT molecular complexity index is 1240. The standard InChI is InChI=1S/C33H50N6O5/c1-20(2)13-27(28(40)14-23(7)30(41)38-29(22(5)6)32(43)36-16-21(3)4)37-31(42)24-15-25(18-34-17-24)33(44)39(8)19-26-11-9-10-12-35-26/h9-12,15,17-18,20-23,27-29,40H,13-14,16,19H2,1-8H3,(H,36,43)(H,37,42)(H,38,41). The SMILES string of the molecule is CC(C)CNC(=O)C(NC(=O)C(C)CC(O)C(CC(C)C)NC(=O)c1cncc(C(=O)N(C)Cc2ccccn2)c1)C(C)C. The molecular weight excluding hydrogens is 560 g/mol. The van der Waals surface area contributed by atoms with E-state index in [1.807, 2.05) is 53.7 Å². The van der Waals surface area contributed by atoms with Crippen LogP contribution in [0.1, 0.15) is 87.7 Å². The largest absolute Gasteiger partial charge is 0.391 e. The van der Waals surface area contributed by atoms with Gasteiger partial charge in [-0.15, -0.1) is 0 Å². The third-order valence-electron chi connectivity index (χ3n) is 7.20. The fraction of sp³-hybridized carbons (Fsp3) is 0.576. The molecular formula is C33H50N6O5. The van der Waals surface area contributed by atoms with Crippen LogP contribution in [-0.2, 0) is 16.1 Å². The molecule has 0 fully saturated rings. The molecule has 2 aromatic rings. The van der Waals surface area contributed by atoms with E-state index in [-0.39, 0.29) is 53.0 Å². The molecule has 4 amide bonds. The predicted molar refractivity (Wildman–Crippen MR) is 169 cm³/mol. The molecule has 4 atom stereocenters. The molecule has 0 aliphatic heterocycles. The van der Waals surface area contributed by atoms with Crippen LogP contribution in [0.25, 0.3) is 0 Å². The van der Waals surface area contributed by atoms with Crippen LogP contribution in [0.3, 0.4) is 0 Å². The van der Waals surface area contributed by atoms with Crippen molar-refractivity contribution in [2.24, 2.45) is 23.7 Å². The van der Waals surface area contributed by atoms with E-state index in [1.165, 1.54) is 23.4 Å². The summed E-state index contributed by atoms with van der Waals surface area (Å²) in [4.78, 5) is 61.9. The molecule has 0 aliphatic rings. The van der Waals surface area contributed by atoms with Gasteiger partial charge in [-0.3, -0.25) is 29.1 Å². The number of aliphatic hydroxyl groups is 1. The number of carbonyl (C=O) groups is 4. The Morgan fingerprint density at radius 1 is 0.886 bits per heavy atom. The van der Waals surface area contributed by atoms with Crippen molar-refractivity contribution in [3.8, 4) is 0 Å². The second-order valence-corrected chi connectivity index (χ2v) is 12.7. The first-order chi connectivity index (χ1) is 20.7. The topological polar surface area (TPSA) is 154 Å². The van der Waals surface area contributed by atoms with E-state index in [2.05, 4.69) is 25.9 Å². The molecule has 4 unspecified atom stereocenters. The lowest BCUT2D eigenvalue weighted by Gasteiger charge is -2.29. The van der Waals surface area contributed by atoms with Crippen molar-refractivity contribution in [2.45, 2.75) is 86.0 Å². The maximum Gasteiger partial charge on any atom is 0.255 e. The normalized spacial score (nSPS) is 14.1. The zero-order valence-electron chi connectivity index (χ0n) is 27.3. The highest BCUT2D eigenvalue weighted by Crippen LogP contribution is 2.18. The zero-order valence-corrected chi connectivity index (χ0v) is 27.3. The van der Waals surface area contributed by atoms with Crippen LogP contribution in [0.2, 0.25) is 0 Å². The maximum absolute atomic E-state index is 13.3. The molecule has 0 saturated heterocycles. The highest BCUT2D eigenvalue weighted by atomic mass is 16.3. The third kappa shape index (κ3) is 11.7. The van der Waals surface area contributed by atoms with E-state index in [4.69, 9.17) is 0 Å². The second-order valence-electron chi connectivity index (χ2n) is 12.7. The number of nitrogens with one attached hydrogen (secondary N) is 3. The van der Waals surface area contributed by atoms with Gasteiger partial charge >= 0.3 is 0 Å². The fourth-order valence-corrected chi connectivity index (χ4v) is 4.66. The molecule has 11 nitrogen and oxygen atoms in total. The van der Waals surface area contributed by atoms with E-state index in [0.717, 1.165) is 5.69 Å². The number of aliphatic hydroxyl groups excluding tert-OH is 1. The van der Waals surface area contributed by atoms with E-state index in [0.29, 0.717) is 19.5 Å². The van der Waals surface area contributed by atoms with E-state index in [9.17, 15) is 24.3 Å². The van der Waals surface area contributed by atoms with Gasteiger partial charge in [0.15, 0.2) is 0 Å². The zero-order chi connectivity index (χ0) is 33.0. The van der Waals surface area contributed by atoms with Crippen molar-refractivity contribution in [2.75, 3.05) is 13.6 Å². The van der Waals surface area contributed by atoms with Gasteiger partial charge in [-0.05, 0) is 48.8 Å². The van der Waals surface area contributed by atoms with Gasteiger partial charge in [0.2, 0.25) is 11.8 Å². The molecule has 44 heavy (non-hydrogen) atoms. The Labute approximate surface area is 261 Å². The number of rotatable bonds is 16. The molecule has 4 N–H and O–H groups in total. The first kappa shape index (κ1) is 36.3. The fourth-order valence-electron chi connectivity index (χ4n) is 4.66. The first-order valence-electron chi connectivity index (χ1n) is 15.4. The van der Waals surface area contributed by atoms with Crippen molar-refractivity contribution in [1.82, 2.24) is 30.8 Å². The number of aromatic nitrogens is 2. The average molecular weight is 611 g/mol. The molecule has 0 aromatic carbocycles. The molecule has 0 saturated carbocycles. The van der Waals surface area contributed by atoms with Gasteiger partial charge < -0.3 is 26.0 Å². The van der Waals surface area contributed by atoms with E-state index in [1.54, 1.807) is 26.2 Å². The van der Waals surface area contributed by atoms with Gasteiger partial charge in [0, 0.05) is 38.1 Å². The summed E-state index contributed by atoms with van der Waals surface area (Å²) >= 11 is 0. The van der Waals surface area contributed by atoms with Gasteiger partial charge in [-0.1, -0.05) is 54.5 Å². The Kier molecular flexibility index (Phi) is 14.4. The minimum atomic E-state index is -1.03. The molecule has 0 radical (unpaired) electrons. The van der Waals surface area contributed by atoms with Crippen LogP contribution in [0.15, 0.2) is 42.9 Å².